The maximum atomic E-state index is 14.0. The lowest BCUT2D eigenvalue weighted by molar-refractivity contribution is -0.133. The minimum Gasteiger partial charge on any atom is -0.481 e. The Morgan fingerprint density at radius 1 is 1.33 bits per heavy atom. The molecule has 0 aliphatic rings. The van der Waals surface area contributed by atoms with Crippen LogP contribution in [0, 0.1) is 11.6 Å². The molecule has 5 nitrogen and oxygen atoms in total. The van der Waals surface area contributed by atoms with Gasteiger partial charge in [-0.15, -0.1) is 10.2 Å². The first-order valence-corrected chi connectivity index (χ1v) is 7.26. The van der Waals surface area contributed by atoms with Gasteiger partial charge in [-0.1, -0.05) is 24.8 Å². The van der Waals surface area contributed by atoms with E-state index in [0.717, 1.165) is 30.3 Å². The monoisotopic (exact) mass is 313 g/mol. The van der Waals surface area contributed by atoms with Crippen LogP contribution in [0.5, 0.6) is 0 Å². The summed E-state index contributed by atoms with van der Waals surface area (Å²) in [6.07, 6.45) is 1.20. The molecule has 1 heterocycles. The molecule has 0 amide bonds. The molecule has 8 heteroatoms. The van der Waals surface area contributed by atoms with Crippen LogP contribution >= 0.6 is 11.8 Å². The lowest BCUT2D eigenvalue weighted by Crippen LogP contribution is -2.08. The van der Waals surface area contributed by atoms with Gasteiger partial charge in [0.25, 0.3) is 0 Å². The van der Waals surface area contributed by atoms with Crippen molar-refractivity contribution in [3.05, 3.63) is 35.7 Å². The Hall–Kier alpha value is -1.96. The molecule has 1 aromatic carbocycles. The third-order valence-electron chi connectivity index (χ3n) is 2.66. The molecule has 0 fully saturated rings. The maximum absolute atomic E-state index is 14.0. The zero-order valence-corrected chi connectivity index (χ0v) is 12.0. The summed E-state index contributed by atoms with van der Waals surface area (Å²) in [7, 11) is 0. The molecule has 0 spiro atoms. The van der Waals surface area contributed by atoms with Gasteiger partial charge in [0.1, 0.15) is 23.1 Å². The predicted molar refractivity (Wildman–Crippen MR) is 73.6 cm³/mol. The second-order valence-electron chi connectivity index (χ2n) is 4.24. The molecule has 2 rings (SSSR count). The summed E-state index contributed by atoms with van der Waals surface area (Å²) in [5, 5.41) is 16.6. The molecule has 0 aliphatic heterocycles. The van der Waals surface area contributed by atoms with E-state index in [-0.39, 0.29) is 16.6 Å². The van der Waals surface area contributed by atoms with E-state index in [1.807, 2.05) is 6.92 Å². The Kier molecular flexibility index (Phi) is 4.89. The van der Waals surface area contributed by atoms with Gasteiger partial charge in [-0.2, -0.15) is 0 Å². The maximum Gasteiger partial charge on any atom is 0.313 e. The van der Waals surface area contributed by atoms with Crippen LogP contribution in [-0.4, -0.2) is 31.6 Å². The van der Waals surface area contributed by atoms with Crippen molar-refractivity contribution in [1.29, 1.82) is 0 Å². The number of carbonyl (C=O) groups is 1. The summed E-state index contributed by atoms with van der Waals surface area (Å²) >= 11 is 0.871. The number of aromatic nitrogens is 3. The molecular weight excluding hydrogens is 300 g/mol. The van der Waals surface area contributed by atoms with Crippen molar-refractivity contribution in [1.82, 2.24) is 14.8 Å². The Labute approximate surface area is 124 Å². The van der Waals surface area contributed by atoms with Crippen LogP contribution in [0.2, 0.25) is 0 Å². The number of benzene rings is 1. The number of para-hydroxylation sites is 1. The third-order valence-corrected chi connectivity index (χ3v) is 3.57. The van der Waals surface area contributed by atoms with Crippen molar-refractivity contribution in [3.63, 3.8) is 0 Å². The molecule has 0 aliphatic carbocycles. The fourth-order valence-corrected chi connectivity index (χ4v) is 2.51. The van der Waals surface area contributed by atoms with Crippen LogP contribution in [0.1, 0.15) is 19.2 Å². The van der Waals surface area contributed by atoms with E-state index in [4.69, 9.17) is 5.11 Å². The number of aliphatic carboxylic acids is 1. The van der Waals surface area contributed by atoms with Crippen molar-refractivity contribution in [2.75, 3.05) is 5.75 Å². The molecule has 112 valence electrons. The van der Waals surface area contributed by atoms with Gasteiger partial charge in [-0.25, -0.2) is 8.78 Å². The lowest BCUT2D eigenvalue weighted by atomic mass is 10.2. The minimum absolute atomic E-state index is 0.157. The van der Waals surface area contributed by atoms with Gasteiger partial charge < -0.3 is 5.11 Å². The highest BCUT2D eigenvalue weighted by atomic mass is 32.2. The van der Waals surface area contributed by atoms with Crippen molar-refractivity contribution in [2.45, 2.75) is 24.9 Å². The normalized spacial score (nSPS) is 10.8. The van der Waals surface area contributed by atoms with Gasteiger partial charge in [0.2, 0.25) is 0 Å². The molecule has 0 atom stereocenters. The van der Waals surface area contributed by atoms with Crippen LogP contribution < -0.4 is 0 Å². The van der Waals surface area contributed by atoms with E-state index in [0.29, 0.717) is 12.2 Å². The quantitative estimate of drug-likeness (QED) is 0.830. The molecule has 0 saturated carbocycles. The second kappa shape index (κ2) is 6.66. The van der Waals surface area contributed by atoms with Gasteiger partial charge in [-0.05, 0) is 18.6 Å². The lowest BCUT2D eigenvalue weighted by Gasteiger charge is -2.11. The van der Waals surface area contributed by atoms with Gasteiger partial charge in [0.05, 0.1) is 5.75 Å². The highest BCUT2D eigenvalue weighted by molar-refractivity contribution is 7.99. The van der Waals surface area contributed by atoms with Crippen LogP contribution in [0.3, 0.4) is 0 Å². The van der Waals surface area contributed by atoms with E-state index in [9.17, 15) is 13.6 Å². The van der Waals surface area contributed by atoms with Gasteiger partial charge in [0, 0.05) is 6.42 Å². The first-order chi connectivity index (χ1) is 10.0. The first-order valence-electron chi connectivity index (χ1n) is 6.27. The average molecular weight is 313 g/mol. The Bertz CT molecular complexity index is 641. The predicted octanol–water partition coefficient (Wildman–Crippen LogP) is 2.67. The number of carboxylic acid groups (broad SMARTS) is 1. The molecule has 21 heavy (non-hydrogen) atoms. The summed E-state index contributed by atoms with van der Waals surface area (Å²) < 4.78 is 29.2. The zero-order valence-electron chi connectivity index (χ0n) is 11.2. The summed E-state index contributed by atoms with van der Waals surface area (Å²) in [4.78, 5) is 10.7. The zero-order chi connectivity index (χ0) is 15.4. The van der Waals surface area contributed by atoms with E-state index in [2.05, 4.69) is 10.2 Å². The SMILES string of the molecule is CCCc1nnc(SCC(=O)O)n1-c1c(F)cccc1F. The fourth-order valence-electron chi connectivity index (χ4n) is 1.83. The van der Waals surface area contributed by atoms with E-state index < -0.39 is 17.6 Å². The second-order valence-corrected chi connectivity index (χ2v) is 5.18. The number of hydrogen-bond acceptors (Lipinski definition) is 4. The van der Waals surface area contributed by atoms with Crippen molar-refractivity contribution in [2.24, 2.45) is 0 Å². The standard InChI is InChI=1S/C13H13F2N3O2S/c1-2-4-10-16-17-13(21-7-11(19)20)18(10)12-8(14)5-3-6-9(12)15/h3,5-6H,2,4,7H2,1H3,(H,19,20). The fraction of sp³-hybridized carbons (Fsp3) is 0.308. The summed E-state index contributed by atoms with van der Waals surface area (Å²) in [5.41, 5.74) is -0.279. The summed E-state index contributed by atoms with van der Waals surface area (Å²) in [6, 6.07) is 3.54. The molecule has 0 saturated heterocycles. The molecule has 1 aromatic heterocycles. The van der Waals surface area contributed by atoms with E-state index in [1.165, 1.54) is 10.6 Å². The van der Waals surface area contributed by atoms with Gasteiger partial charge in [0.15, 0.2) is 5.16 Å². The number of carboxylic acids is 1. The average Bonchev–Trinajstić information content (AvgIpc) is 2.80. The number of hydrogen-bond donors (Lipinski definition) is 1. The molecule has 0 radical (unpaired) electrons. The summed E-state index contributed by atoms with van der Waals surface area (Å²) in [5.74, 6) is -2.40. The molecule has 2 aromatic rings. The van der Waals surface area contributed by atoms with E-state index in [1.54, 1.807) is 0 Å². The Morgan fingerprint density at radius 2 is 2.00 bits per heavy atom. The largest absolute Gasteiger partial charge is 0.481 e. The number of halogens is 2. The first kappa shape index (κ1) is 15.4. The van der Waals surface area contributed by atoms with Crippen LogP contribution in [0.15, 0.2) is 23.4 Å². The highest BCUT2D eigenvalue weighted by Gasteiger charge is 2.20. The third kappa shape index (κ3) is 3.38. The molecule has 0 unspecified atom stereocenters. The number of rotatable bonds is 6. The molecule has 1 N–H and O–H groups in total. The van der Waals surface area contributed by atoms with Crippen LogP contribution in [0.25, 0.3) is 5.69 Å². The molecule has 0 bridgehead atoms. The van der Waals surface area contributed by atoms with E-state index >= 15 is 0 Å². The Morgan fingerprint density at radius 3 is 2.57 bits per heavy atom. The Balaban J connectivity index is 2.53. The van der Waals surface area contributed by atoms with Gasteiger partial charge >= 0.3 is 5.97 Å². The number of nitrogens with zero attached hydrogens (tertiary/aromatic N) is 3. The summed E-state index contributed by atoms with van der Waals surface area (Å²) in [6.45, 7) is 1.90. The van der Waals surface area contributed by atoms with Crippen molar-refractivity contribution < 1.29 is 18.7 Å². The van der Waals surface area contributed by atoms with Gasteiger partial charge in [-0.3, -0.25) is 9.36 Å². The topological polar surface area (TPSA) is 68.0 Å². The van der Waals surface area contributed by atoms with Crippen molar-refractivity contribution in [3.8, 4) is 5.69 Å². The van der Waals surface area contributed by atoms with Crippen molar-refractivity contribution >= 4 is 17.7 Å². The smallest absolute Gasteiger partial charge is 0.313 e. The minimum atomic E-state index is -1.04. The number of thioether (sulfide) groups is 1. The number of aryl methyl sites for hydroxylation is 1. The highest BCUT2D eigenvalue weighted by Crippen LogP contribution is 2.26. The van der Waals surface area contributed by atoms with Crippen LogP contribution in [0.4, 0.5) is 8.78 Å². The van der Waals surface area contributed by atoms with Crippen LogP contribution in [-0.2, 0) is 11.2 Å². The molecular formula is C13H13F2N3O2S.